The van der Waals surface area contributed by atoms with Gasteiger partial charge in [0.05, 0.1) is 10.6 Å². The van der Waals surface area contributed by atoms with Crippen molar-refractivity contribution in [3.63, 3.8) is 0 Å². The molecule has 3 nitrogen and oxygen atoms in total. The maximum absolute atomic E-state index is 12.3. The van der Waals surface area contributed by atoms with Crippen LogP contribution in [-0.4, -0.2) is 20.0 Å². The molecule has 2 aromatic rings. The minimum absolute atomic E-state index is 0.000723. The van der Waals surface area contributed by atoms with Gasteiger partial charge in [0.15, 0.2) is 15.6 Å². The molecular formula is C17H18O3S. The summed E-state index contributed by atoms with van der Waals surface area (Å²) in [5.74, 6) is -0.313. The number of rotatable bonds is 5. The van der Waals surface area contributed by atoms with E-state index in [9.17, 15) is 13.2 Å². The van der Waals surface area contributed by atoms with Crippen molar-refractivity contribution >= 4 is 15.6 Å². The first kappa shape index (κ1) is 15.4. The number of Topliss-reactive ketones (excluding diaryl/α,β-unsaturated/α-hetero) is 1. The molecule has 0 heterocycles. The highest BCUT2D eigenvalue weighted by atomic mass is 32.2. The van der Waals surface area contributed by atoms with Crippen LogP contribution in [0, 0.1) is 13.8 Å². The zero-order chi connectivity index (χ0) is 15.5. The summed E-state index contributed by atoms with van der Waals surface area (Å²) in [5.41, 5.74) is 2.53. The van der Waals surface area contributed by atoms with E-state index < -0.39 is 9.84 Å². The van der Waals surface area contributed by atoms with Gasteiger partial charge in [0, 0.05) is 12.0 Å². The Kier molecular flexibility index (Phi) is 4.58. The van der Waals surface area contributed by atoms with Gasteiger partial charge in [-0.25, -0.2) is 8.42 Å². The van der Waals surface area contributed by atoms with Gasteiger partial charge in [-0.3, -0.25) is 4.79 Å². The number of aryl methyl sites for hydroxylation is 2. The molecule has 21 heavy (non-hydrogen) atoms. The van der Waals surface area contributed by atoms with Gasteiger partial charge in [0.2, 0.25) is 0 Å². The van der Waals surface area contributed by atoms with E-state index in [1.54, 1.807) is 42.5 Å². The molecule has 0 bridgehead atoms. The van der Waals surface area contributed by atoms with Crippen molar-refractivity contribution in [3.05, 3.63) is 65.2 Å². The second kappa shape index (κ2) is 6.22. The van der Waals surface area contributed by atoms with Crippen molar-refractivity contribution in [1.29, 1.82) is 0 Å². The monoisotopic (exact) mass is 302 g/mol. The number of hydrogen-bond acceptors (Lipinski definition) is 3. The van der Waals surface area contributed by atoms with Crippen LogP contribution in [0.1, 0.15) is 27.9 Å². The lowest BCUT2D eigenvalue weighted by Crippen LogP contribution is -2.12. The van der Waals surface area contributed by atoms with Crippen LogP contribution in [0.15, 0.2) is 53.4 Å². The molecule has 0 aromatic heterocycles. The van der Waals surface area contributed by atoms with Crippen molar-refractivity contribution in [2.45, 2.75) is 25.2 Å². The summed E-state index contributed by atoms with van der Waals surface area (Å²) in [4.78, 5) is 12.3. The molecule has 0 spiro atoms. The molecule has 0 aliphatic rings. The van der Waals surface area contributed by atoms with Crippen molar-refractivity contribution in [3.8, 4) is 0 Å². The minimum Gasteiger partial charge on any atom is -0.294 e. The van der Waals surface area contributed by atoms with Gasteiger partial charge in [-0.1, -0.05) is 36.4 Å². The molecule has 0 saturated carbocycles. The molecule has 4 heteroatoms. The van der Waals surface area contributed by atoms with Gasteiger partial charge >= 0.3 is 0 Å². The summed E-state index contributed by atoms with van der Waals surface area (Å²) in [7, 11) is -3.42. The Morgan fingerprint density at radius 2 is 1.62 bits per heavy atom. The van der Waals surface area contributed by atoms with E-state index in [-0.39, 0.29) is 22.9 Å². The number of ketones is 1. The molecule has 0 radical (unpaired) electrons. The third-order valence-corrected chi connectivity index (χ3v) is 5.24. The number of sulfone groups is 1. The van der Waals surface area contributed by atoms with Crippen LogP contribution >= 0.6 is 0 Å². The van der Waals surface area contributed by atoms with E-state index in [1.165, 1.54) is 0 Å². The number of hydrogen-bond donors (Lipinski definition) is 0. The standard InChI is InChI=1S/C17H18O3S/c1-13-8-9-16(12-14(13)2)21(19,20)11-10-17(18)15-6-4-3-5-7-15/h3-9,12H,10-11H2,1-2H3. The normalized spacial score (nSPS) is 11.3. The smallest absolute Gasteiger partial charge is 0.178 e. The molecule has 0 saturated heterocycles. The Bertz CT molecular complexity index is 747. The van der Waals surface area contributed by atoms with E-state index >= 15 is 0 Å². The third kappa shape index (κ3) is 3.79. The Balaban J connectivity index is 2.11. The summed E-state index contributed by atoms with van der Waals surface area (Å²) < 4.78 is 24.6. The Morgan fingerprint density at radius 1 is 0.952 bits per heavy atom. The molecule has 2 rings (SSSR count). The average Bonchev–Trinajstić information content (AvgIpc) is 2.48. The molecule has 110 valence electrons. The molecule has 0 atom stereocenters. The highest BCUT2D eigenvalue weighted by Gasteiger charge is 2.17. The molecular weight excluding hydrogens is 284 g/mol. The maximum Gasteiger partial charge on any atom is 0.178 e. The van der Waals surface area contributed by atoms with Gasteiger partial charge in [-0.2, -0.15) is 0 Å². The summed E-state index contributed by atoms with van der Waals surface area (Å²) in [6, 6.07) is 13.8. The van der Waals surface area contributed by atoms with Gasteiger partial charge in [-0.15, -0.1) is 0 Å². The number of carbonyl (C=O) groups excluding carboxylic acids is 1. The van der Waals surface area contributed by atoms with Crippen LogP contribution in [0.2, 0.25) is 0 Å². The van der Waals surface area contributed by atoms with E-state index in [0.717, 1.165) is 11.1 Å². The predicted octanol–water partition coefficient (Wildman–Crippen LogP) is 3.35. The topological polar surface area (TPSA) is 51.2 Å². The van der Waals surface area contributed by atoms with E-state index in [2.05, 4.69) is 0 Å². The van der Waals surface area contributed by atoms with Gasteiger partial charge < -0.3 is 0 Å². The second-order valence-corrected chi connectivity index (χ2v) is 7.21. The fourth-order valence-electron chi connectivity index (χ4n) is 2.02. The van der Waals surface area contributed by atoms with Gasteiger partial charge in [0.1, 0.15) is 0 Å². The van der Waals surface area contributed by atoms with Crippen molar-refractivity contribution < 1.29 is 13.2 Å². The van der Waals surface area contributed by atoms with Crippen molar-refractivity contribution in [2.75, 3.05) is 5.75 Å². The zero-order valence-electron chi connectivity index (χ0n) is 12.2. The van der Waals surface area contributed by atoms with Crippen molar-refractivity contribution in [1.82, 2.24) is 0 Å². The van der Waals surface area contributed by atoms with E-state index in [0.29, 0.717) is 5.56 Å². The van der Waals surface area contributed by atoms with Crippen LogP contribution in [0.3, 0.4) is 0 Å². The average molecular weight is 302 g/mol. The zero-order valence-corrected chi connectivity index (χ0v) is 13.0. The first-order chi connectivity index (χ1) is 9.90. The van der Waals surface area contributed by atoms with Gasteiger partial charge in [-0.05, 0) is 37.1 Å². The van der Waals surface area contributed by atoms with Crippen LogP contribution in [0.25, 0.3) is 0 Å². The first-order valence-electron chi connectivity index (χ1n) is 6.78. The Morgan fingerprint density at radius 3 is 2.24 bits per heavy atom. The summed E-state index contributed by atoms with van der Waals surface area (Å²) in [6.45, 7) is 3.81. The largest absolute Gasteiger partial charge is 0.294 e. The summed E-state index contributed by atoms with van der Waals surface area (Å²) in [5, 5.41) is 0. The number of benzene rings is 2. The second-order valence-electron chi connectivity index (χ2n) is 5.10. The summed E-state index contributed by atoms with van der Waals surface area (Å²) in [6.07, 6.45) is -0.000723. The van der Waals surface area contributed by atoms with E-state index in [1.807, 2.05) is 19.9 Å². The van der Waals surface area contributed by atoms with Crippen LogP contribution in [0.4, 0.5) is 0 Å². The fourth-order valence-corrected chi connectivity index (χ4v) is 3.34. The predicted molar refractivity (Wildman–Crippen MR) is 83.4 cm³/mol. The maximum atomic E-state index is 12.3. The lowest BCUT2D eigenvalue weighted by Gasteiger charge is -2.07. The van der Waals surface area contributed by atoms with E-state index in [4.69, 9.17) is 0 Å². The molecule has 0 amide bonds. The lowest BCUT2D eigenvalue weighted by molar-refractivity contribution is 0.0989. The molecule has 0 N–H and O–H groups in total. The summed E-state index contributed by atoms with van der Waals surface area (Å²) >= 11 is 0. The van der Waals surface area contributed by atoms with Crippen LogP contribution in [0.5, 0.6) is 0 Å². The Hall–Kier alpha value is -1.94. The number of carbonyl (C=O) groups is 1. The third-order valence-electron chi connectivity index (χ3n) is 3.53. The van der Waals surface area contributed by atoms with Crippen molar-refractivity contribution in [2.24, 2.45) is 0 Å². The highest BCUT2D eigenvalue weighted by molar-refractivity contribution is 7.91. The van der Waals surface area contributed by atoms with Crippen LogP contribution < -0.4 is 0 Å². The lowest BCUT2D eigenvalue weighted by atomic mass is 10.1. The fraction of sp³-hybridized carbons (Fsp3) is 0.235. The molecule has 0 aliphatic heterocycles. The quantitative estimate of drug-likeness (QED) is 0.796. The Labute approximate surface area is 125 Å². The van der Waals surface area contributed by atoms with Gasteiger partial charge in [0.25, 0.3) is 0 Å². The molecule has 0 fully saturated rings. The first-order valence-corrected chi connectivity index (χ1v) is 8.43. The molecule has 0 aliphatic carbocycles. The minimum atomic E-state index is -3.42. The molecule has 0 unspecified atom stereocenters. The molecule has 2 aromatic carbocycles. The SMILES string of the molecule is Cc1ccc(S(=O)(=O)CCC(=O)c2ccccc2)cc1C. The highest BCUT2D eigenvalue weighted by Crippen LogP contribution is 2.17. The van der Waals surface area contributed by atoms with Crippen LogP contribution in [-0.2, 0) is 9.84 Å².